The molecule has 0 aromatic heterocycles. The number of piperidine rings is 1. The molecule has 2 aromatic rings. The molecular formula is C25H25NO5. The number of allylic oxidation sites excluding steroid dienone is 1. The third kappa shape index (κ3) is 2.42. The predicted molar refractivity (Wildman–Crippen MR) is 114 cm³/mol. The van der Waals surface area contributed by atoms with Crippen LogP contribution in [0.15, 0.2) is 54.3 Å². The Kier molecular flexibility index (Phi) is 4.01. The zero-order valence-corrected chi connectivity index (χ0v) is 17.7. The summed E-state index contributed by atoms with van der Waals surface area (Å²) in [7, 11) is 3.39. The largest absolute Gasteiger partial charge is 0.497 e. The van der Waals surface area contributed by atoms with Gasteiger partial charge in [0.2, 0.25) is 0 Å². The molecule has 2 bridgehead atoms. The van der Waals surface area contributed by atoms with Crippen molar-refractivity contribution in [3.8, 4) is 17.2 Å². The second-order valence-corrected chi connectivity index (χ2v) is 8.72. The Labute approximate surface area is 181 Å². The monoisotopic (exact) mass is 419 g/mol. The lowest BCUT2D eigenvalue weighted by Gasteiger charge is -2.56. The average Bonchev–Trinajstić information content (AvgIpc) is 3.14. The second-order valence-electron chi connectivity index (χ2n) is 8.72. The number of hydrogen-bond donors (Lipinski definition) is 0. The topological polar surface area (TPSA) is 57.2 Å². The zero-order chi connectivity index (χ0) is 21.2. The van der Waals surface area contributed by atoms with E-state index < -0.39 is 0 Å². The second kappa shape index (κ2) is 6.67. The Bertz CT molecular complexity index is 1080. The van der Waals surface area contributed by atoms with Gasteiger partial charge in [-0.1, -0.05) is 24.3 Å². The van der Waals surface area contributed by atoms with Crippen LogP contribution in [0.5, 0.6) is 17.2 Å². The van der Waals surface area contributed by atoms with Crippen molar-refractivity contribution >= 4 is 6.09 Å². The van der Waals surface area contributed by atoms with Crippen molar-refractivity contribution in [2.75, 3.05) is 20.8 Å². The summed E-state index contributed by atoms with van der Waals surface area (Å²) in [6.45, 7) is 0.625. The average molecular weight is 419 g/mol. The van der Waals surface area contributed by atoms with Crippen molar-refractivity contribution in [3.63, 3.8) is 0 Å². The number of amides is 1. The van der Waals surface area contributed by atoms with Gasteiger partial charge < -0.3 is 23.8 Å². The highest BCUT2D eigenvalue weighted by molar-refractivity contribution is 5.73. The van der Waals surface area contributed by atoms with Gasteiger partial charge in [0.05, 0.1) is 19.6 Å². The van der Waals surface area contributed by atoms with Crippen LogP contribution in [0.3, 0.4) is 0 Å². The maximum absolute atomic E-state index is 13.2. The highest BCUT2D eigenvalue weighted by Crippen LogP contribution is 2.63. The van der Waals surface area contributed by atoms with Gasteiger partial charge in [-0.15, -0.1) is 0 Å². The van der Waals surface area contributed by atoms with Crippen LogP contribution < -0.4 is 14.2 Å². The van der Waals surface area contributed by atoms with E-state index in [2.05, 4.69) is 12.1 Å². The van der Waals surface area contributed by atoms with Crippen molar-refractivity contribution in [1.29, 1.82) is 0 Å². The van der Waals surface area contributed by atoms with Crippen molar-refractivity contribution < 1.29 is 23.7 Å². The SMILES string of the molecule is COC1=CCC2[C@@H]3Cc4ccc(OC)c5c4[C@]2(CCN3C(=O)Oc2ccccc2)[C@@H]1O5. The van der Waals surface area contributed by atoms with E-state index in [0.29, 0.717) is 12.3 Å². The molecule has 1 amide bonds. The number of likely N-dealkylation sites (tertiary alicyclic amines) is 1. The Morgan fingerprint density at radius 1 is 1.13 bits per heavy atom. The predicted octanol–water partition coefficient (Wildman–Crippen LogP) is 4.07. The van der Waals surface area contributed by atoms with Crippen molar-refractivity contribution in [1.82, 2.24) is 4.90 Å². The fraction of sp³-hybridized carbons (Fsp3) is 0.400. The van der Waals surface area contributed by atoms with Crippen LogP contribution in [-0.4, -0.2) is 43.9 Å². The Hall–Kier alpha value is -3.15. The molecule has 2 aliphatic carbocycles. The molecule has 2 aliphatic heterocycles. The lowest BCUT2D eigenvalue weighted by Crippen LogP contribution is -2.65. The molecule has 4 atom stereocenters. The van der Waals surface area contributed by atoms with Gasteiger partial charge in [0.1, 0.15) is 11.5 Å². The van der Waals surface area contributed by atoms with Crippen LogP contribution in [0.25, 0.3) is 0 Å². The van der Waals surface area contributed by atoms with Gasteiger partial charge in [0, 0.05) is 18.2 Å². The summed E-state index contributed by atoms with van der Waals surface area (Å²) in [5.41, 5.74) is 2.29. The molecule has 2 heterocycles. The molecule has 2 aromatic carbocycles. The number of carbonyl (C=O) groups excluding carboxylic acids is 1. The van der Waals surface area contributed by atoms with Gasteiger partial charge in [-0.05, 0) is 55.0 Å². The number of carbonyl (C=O) groups is 1. The van der Waals surface area contributed by atoms with E-state index in [1.54, 1.807) is 14.2 Å². The zero-order valence-electron chi connectivity index (χ0n) is 17.7. The first-order chi connectivity index (χ1) is 15.2. The number of para-hydroxylation sites is 1. The fourth-order valence-electron chi connectivity index (χ4n) is 6.34. The van der Waals surface area contributed by atoms with Crippen molar-refractivity contribution in [2.24, 2.45) is 5.92 Å². The number of methoxy groups -OCH3 is 2. The lowest BCUT2D eigenvalue weighted by molar-refractivity contribution is -0.0271. The molecule has 1 unspecified atom stereocenters. The summed E-state index contributed by atoms with van der Waals surface area (Å²) in [5.74, 6) is 3.30. The van der Waals surface area contributed by atoms with Crippen LogP contribution in [0, 0.1) is 5.92 Å². The highest BCUT2D eigenvalue weighted by atomic mass is 16.6. The van der Waals surface area contributed by atoms with Gasteiger partial charge in [-0.2, -0.15) is 0 Å². The van der Waals surface area contributed by atoms with Crippen molar-refractivity contribution in [2.45, 2.75) is 36.8 Å². The smallest absolute Gasteiger partial charge is 0.415 e. The van der Waals surface area contributed by atoms with E-state index in [0.717, 1.165) is 36.5 Å². The highest BCUT2D eigenvalue weighted by Gasteiger charge is 2.65. The van der Waals surface area contributed by atoms with E-state index in [1.807, 2.05) is 41.3 Å². The van der Waals surface area contributed by atoms with Crippen molar-refractivity contribution in [3.05, 3.63) is 65.4 Å². The minimum absolute atomic E-state index is 0.0533. The first-order valence-corrected chi connectivity index (χ1v) is 10.8. The normalized spacial score (nSPS) is 29.4. The molecular weight excluding hydrogens is 394 g/mol. The fourth-order valence-corrected chi connectivity index (χ4v) is 6.34. The van der Waals surface area contributed by atoms with E-state index in [9.17, 15) is 4.79 Å². The summed E-state index contributed by atoms with van der Waals surface area (Å²) in [6, 6.07) is 13.4. The minimum atomic E-state index is -0.278. The maximum atomic E-state index is 13.2. The summed E-state index contributed by atoms with van der Waals surface area (Å²) in [4.78, 5) is 15.1. The van der Waals surface area contributed by atoms with E-state index in [1.165, 1.54) is 11.1 Å². The lowest BCUT2D eigenvalue weighted by atomic mass is 9.53. The van der Waals surface area contributed by atoms with Crippen LogP contribution in [0.2, 0.25) is 0 Å². The molecule has 0 N–H and O–H groups in total. The quantitative estimate of drug-likeness (QED) is 0.751. The summed E-state index contributed by atoms with van der Waals surface area (Å²) in [6.07, 6.45) is 4.11. The summed E-state index contributed by atoms with van der Waals surface area (Å²) >= 11 is 0. The van der Waals surface area contributed by atoms with Crippen LogP contribution in [0.1, 0.15) is 24.0 Å². The molecule has 1 fully saturated rings. The molecule has 1 spiro atoms. The standard InChI is InChI=1S/C25H25NO5/c1-28-19-10-8-15-14-18-17-9-11-20(29-2)23-25(17,21(15)22(19)31-23)12-13-26(18)24(27)30-16-6-4-3-5-7-16/h3-8,10-11,17-18,23H,9,12-14H2,1-2H3/t17?,18-,23+,25+/m0/s1. The molecule has 0 saturated carbocycles. The molecule has 6 nitrogen and oxygen atoms in total. The van der Waals surface area contributed by atoms with Gasteiger partial charge in [-0.3, -0.25) is 0 Å². The Morgan fingerprint density at radius 2 is 1.97 bits per heavy atom. The van der Waals surface area contributed by atoms with E-state index >= 15 is 0 Å². The van der Waals surface area contributed by atoms with Gasteiger partial charge in [0.25, 0.3) is 0 Å². The third-order valence-corrected chi connectivity index (χ3v) is 7.57. The van der Waals surface area contributed by atoms with Crippen LogP contribution >= 0.6 is 0 Å². The minimum Gasteiger partial charge on any atom is -0.497 e. The summed E-state index contributed by atoms with van der Waals surface area (Å²) in [5, 5.41) is 0. The first kappa shape index (κ1) is 18.6. The molecule has 160 valence electrons. The van der Waals surface area contributed by atoms with Gasteiger partial charge >= 0.3 is 6.09 Å². The molecule has 6 heteroatoms. The van der Waals surface area contributed by atoms with Gasteiger partial charge in [-0.25, -0.2) is 4.79 Å². The number of hydrogen-bond acceptors (Lipinski definition) is 5. The number of benzene rings is 2. The number of ether oxygens (including phenoxy) is 4. The van der Waals surface area contributed by atoms with Gasteiger partial charge in [0.15, 0.2) is 17.6 Å². The Balaban J connectivity index is 1.43. The van der Waals surface area contributed by atoms with Crippen LogP contribution in [0.4, 0.5) is 4.79 Å². The molecule has 31 heavy (non-hydrogen) atoms. The first-order valence-electron chi connectivity index (χ1n) is 10.8. The molecule has 6 rings (SSSR count). The van der Waals surface area contributed by atoms with Crippen LogP contribution in [-0.2, 0) is 16.6 Å². The Morgan fingerprint density at radius 3 is 2.74 bits per heavy atom. The van der Waals surface area contributed by atoms with E-state index in [-0.39, 0.29) is 29.6 Å². The van der Waals surface area contributed by atoms with E-state index in [4.69, 9.17) is 18.9 Å². The number of rotatable bonds is 3. The molecule has 0 radical (unpaired) electrons. The number of nitrogens with zero attached hydrogens (tertiary/aromatic N) is 1. The third-order valence-electron chi connectivity index (χ3n) is 7.57. The molecule has 1 saturated heterocycles. The summed E-state index contributed by atoms with van der Waals surface area (Å²) < 4.78 is 23.7. The molecule has 4 aliphatic rings. The maximum Gasteiger partial charge on any atom is 0.415 e.